The Labute approximate surface area is 197 Å². The van der Waals surface area contributed by atoms with E-state index in [4.69, 9.17) is 19.4 Å². The third-order valence-corrected chi connectivity index (χ3v) is 7.37. The smallest absolute Gasteiger partial charge is 0.224 e. The van der Waals surface area contributed by atoms with E-state index in [0.29, 0.717) is 24.4 Å². The van der Waals surface area contributed by atoms with Crippen LogP contribution >= 0.6 is 0 Å². The molecule has 0 aromatic carbocycles. The second kappa shape index (κ2) is 10.1. The van der Waals surface area contributed by atoms with Crippen molar-refractivity contribution in [2.24, 2.45) is 0 Å². The topological polar surface area (TPSA) is 92.6 Å². The van der Waals surface area contributed by atoms with E-state index in [1.165, 1.54) is 0 Å². The van der Waals surface area contributed by atoms with E-state index in [2.05, 4.69) is 36.1 Å². The molecule has 0 amide bonds. The molecule has 8 heteroatoms. The Hall–Kier alpha value is -2.03. The highest BCUT2D eigenvalue weighted by atomic mass is 16.5. The van der Waals surface area contributed by atoms with Gasteiger partial charge in [0.1, 0.15) is 6.10 Å². The molecule has 2 atom stereocenters. The van der Waals surface area contributed by atoms with Crippen LogP contribution in [0.3, 0.4) is 0 Å². The first-order chi connectivity index (χ1) is 15.8. The predicted molar refractivity (Wildman–Crippen MR) is 130 cm³/mol. The summed E-state index contributed by atoms with van der Waals surface area (Å²) in [5.74, 6) is 1.53. The number of nitrogens with one attached hydrogen (secondary N) is 1. The molecule has 33 heavy (non-hydrogen) atoms. The molecule has 8 nitrogen and oxygen atoms in total. The minimum atomic E-state index is -0.197. The highest BCUT2D eigenvalue weighted by Gasteiger charge is 2.34. The number of piperidine rings is 1. The lowest BCUT2D eigenvalue weighted by Crippen LogP contribution is -2.50. The van der Waals surface area contributed by atoms with E-state index >= 15 is 0 Å². The number of hydrogen-bond acceptors (Lipinski definition) is 8. The van der Waals surface area contributed by atoms with Crippen molar-refractivity contribution in [2.75, 3.05) is 32.6 Å². The summed E-state index contributed by atoms with van der Waals surface area (Å²) in [5, 5.41) is 14.2. The summed E-state index contributed by atoms with van der Waals surface area (Å²) >= 11 is 0. The Morgan fingerprint density at radius 1 is 1.18 bits per heavy atom. The van der Waals surface area contributed by atoms with Crippen LogP contribution in [0.4, 0.5) is 5.95 Å². The molecular formula is C25H39N5O3. The molecule has 2 aliphatic rings. The lowest BCUT2D eigenvalue weighted by atomic mass is 9.83. The first-order valence-corrected chi connectivity index (χ1v) is 12.2. The molecule has 1 aliphatic carbocycles. The van der Waals surface area contributed by atoms with Gasteiger partial charge in [0.15, 0.2) is 0 Å². The number of aliphatic hydroxyl groups is 1. The quantitative estimate of drug-likeness (QED) is 0.650. The van der Waals surface area contributed by atoms with Crippen LogP contribution in [0.1, 0.15) is 70.8 Å². The van der Waals surface area contributed by atoms with Crippen LogP contribution in [0.5, 0.6) is 5.88 Å². The maximum Gasteiger partial charge on any atom is 0.224 e. The largest absolute Gasteiger partial charge is 0.474 e. The van der Waals surface area contributed by atoms with E-state index in [9.17, 15) is 5.11 Å². The number of nitrogens with zero attached hydrogens (tertiary/aromatic N) is 4. The van der Waals surface area contributed by atoms with Crippen molar-refractivity contribution in [3.05, 3.63) is 18.0 Å². The number of hydrogen-bond donors (Lipinski definition) is 2. The van der Waals surface area contributed by atoms with Gasteiger partial charge in [-0.25, -0.2) is 15.0 Å². The SMILES string of the molecule is COC[C@H](C)Nc1ncc2c(O[C@H]3CCN(C)C(C)(C)C3)ncc([C@H]3CC[C@H](O)CC3)c2n1. The molecule has 1 saturated carbocycles. The Balaban J connectivity index is 1.66. The minimum Gasteiger partial charge on any atom is -0.474 e. The van der Waals surface area contributed by atoms with Crippen LogP contribution in [0, 0.1) is 0 Å². The molecule has 0 unspecified atom stereocenters. The Morgan fingerprint density at radius 3 is 2.64 bits per heavy atom. The summed E-state index contributed by atoms with van der Waals surface area (Å²) < 4.78 is 11.7. The standard InChI is InChI=1S/C25H39N5O3/c1-16(15-32-5)28-24-27-14-21-22(29-24)20(17-6-8-18(31)9-7-17)13-26-23(21)33-19-10-11-30(4)25(2,3)12-19/h13-14,16-19,31H,6-12,15H2,1-5H3,(H,27,28,29)/t16-,17-,18-,19-/m0/s1. The Bertz CT molecular complexity index is 945. The van der Waals surface area contributed by atoms with Gasteiger partial charge in [-0.15, -0.1) is 0 Å². The van der Waals surface area contributed by atoms with Gasteiger partial charge in [-0.3, -0.25) is 0 Å². The van der Waals surface area contributed by atoms with Gasteiger partial charge < -0.3 is 24.8 Å². The molecule has 1 saturated heterocycles. The number of aliphatic hydroxyl groups excluding tert-OH is 1. The van der Waals surface area contributed by atoms with Gasteiger partial charge in [0, 0.05) is 49.6 Å². The molecule has 2 fully saturated rings. The predicted octanol–water partition coefficient (Wildman–Crippen LogP) is 3.74. The number of anilines is 1. The fourth-order valence-corrected chi connectivity index (χ4v) is 5.09. The Kier molecular flexibility index (Phi) is 7.36. The molecular weight excluding hydrogens is 418 g/mol. The van der Waals surface area contributed by atoms with E-state index < -0.39 is 0 Å². The van der Waals surface area contributed by atoms with Crippen LogP contribution in [0.25, 0.3) is 10.9 Å². The molecule has 182 valence electrons. The van der Waals surface area contributed by atoms with Crippen LogP contribution < -0.4 is 10.1 Å². The minimum absolute atomic E-state index is 0.0900. The second-order valence-corrected chi connectivity index (χ2v) is 10.4. The third kappa shape index (κ3) is 5.55. The summed E-state index contributed by atoms with van der Waals surface area (Å²) in [6.45, 7) is 8.14. The normalized spacial score (nSPS) is 26.8. The monoisotopic (exact) mass is 457 g/mol. The van der Waals surface area contributed by atoms with E-state index in [1.807, 2.05) is 19.3 Å². The first kappa shape index (κ1) is 24.1. The van der Waals surface area contributed by atoms with Crippen LogP contribution in [0.15, 0.2) is 12.4 Å². The van der Waals surface area contributed by atoms with Gasteiger partial charge in [0.2, 0.25) is 11.8 Å². The molecule has 3 heterocycles. The average Bonchev–Trinajstić information content (AvgIpc) is 2.77. The number of methoxy groups -OCH3 is 1. The highest BCUT2D eigenvalue weighted by molar-refractivity contribution is 5.86. The zero-order valence-corrected chi connectivity index (χ0v) is 20.7. The lowest BCUT2D eigenvalue weighted by Gasteiger charge is -2.43. The first-order valence-electron chi connectivity index (χ1n) is 12.2. The Morgan fingerprint density at radius 2 is 1.94 bits per heavy atom. The van der Waals surface area contributed by atoms with E-state index in [-0.39, 0.29) is 23.8 Å². The van der Waals surface area contributed by atoms with Gasteiger partial charge >= 0.3 is 0 Å². The summed E-state index contributed by atoms with van der Waals surface area (Å²) in [6.07, 6.45) is 9.13. The lowest BCUT2D eigenvalue weighted by molar-refractivity contribution is 0.0247. The summed E-state index contributed by atoms with van der Waals surface area (Å²) in [5.41, 5.74) is 2.11. The van der Waals surface area contributed by atoms with Gasteiger partial charge in [0.05, 0.1) is 23.6 Å². The molecule has 2 N–H and O–H groups in total. The van der Waals surface area contributed by atoms with Crippen LogP contribution in [-0.2, 0) is 4.74 Å². The number of rotatable bonds is 7. The molecule has 0 spiro atoms. The highest BCUT2D eigenvalue weighted by Crippen LogP contribution is 2.38. The van der Waals surface area contributed by atoms with Crippen molar-refractivity contribution in [2.45, 2.75) is 89.0 Å². The van der Waals surface area contributed by atoms with Crippen molar-refractivity contribution >= 4 is 16.9 Å². The zero-order valence-electron chi connectivity index (χ0n) is 20.7. The molecule has 0 radical (unpaired) electrons. The van der Waals surface area contributed by atoms with Crippen LogP contribution in [-0.4, -0.2) is 76.1 Å². The maximum absolute atomic E-state index is 9.98. The number of pyridine rings is 1. The van der Waals surface area contributed by atoms with Gasteiger partial charge in [-0.2, -0.15) is 0 Å². The van der Waals surface area contributed by atoms with Gasteiger partial charge in [-0.05, 0) is 65.8 Å². The van der Waals surface area contributed by atoms with Gasteiger partial charge in [-0.1, -0.05) is 0 Å². The summed E-state index contributed by atoms with van der Waals surface area (Å²) in [7, 11) is 3.86. The average molecular weight is 458 g/mol. The fraction of sp³-hybridized carbons (Fsp3) is 0.720. The van der Waals surface area contributed by atoms with E-state index in [0.717, 1.165) is 61.5 Å². The van der Waals surface area contributed by atoms with Crippen molar-refractivity contribution in [1.82, 2.24) is 19.9 Å². The maximum atomic E-state index is 9.98. The molecule has 2 aromatic heterocycles. The molecule has 0 bridgehead atoms. The van der Waals surface area contributed by atoms with Crippen molar-refractivity contribution in [3.63, 3.8) is 0 Å². The molecule has 4 rings (SSSR count). The number of likely N-dealkylation sites (tertiary alicyclic amines) is 1. The summed E-state index contributed by atoms with van der Waals surface area (Å²) in [6, 6.07) is 0.0970. The number of ether oxygens (including phenoxy) is 2. The van der Waals surface area contributed by atoms with E-state index in [1.54, 1.807) is 7.11 Å². The van der Waals surface area contributed by atoms with Crippen LogP contribution in [0.2, 0.25) is 0 Å². The van der Waals surface area contributed by atoms with Crippen molar-refractivity contribution in [3.8, 4) is 5.88 Å². The summed E-state index contributed by atoms with van der Waals surface area (Å²) in [4.78, 5) is 16.6. The second-order valence-electron chi connectivity index (χ2n) is 10.4. The molecule has 2 aromatic rings. The third-order valence-electron chi connectivity index (χ3n) is 7.37. The zero-order chi connectivity index (χ0) is 23.6. The number of fused-ring (bicyclic) bond motifs is 1. The number of aromatic nitrogens is 3. The van der Waals surface area contributed by atoms with Crippen molar-refractivity contribution in [1.29, 1.82) is 0 Å². The van der Waals surface area contributed by atoms with Crippen molar-refractivity contribution < 1.29 is 14.6 Å². The molecule has 1 aliphatic heterocycles. The fourth-order valence-electron chi connectivity index (χ4n) is 5.09. The van der Waals surface area contributed by atoms with Gasteiger partial charge in [0.25, 0.3) is 0 Å².